The van der Waals surface area contributed by atoms with Crippen molar-refractivity contribution < 1.29 is 18.8 Å². The molecule has 188 valence electrons. The van der Waals surface area contributed by atoms with E-state index in [4.69, 9.17) is 0 Å². The maximum atomic E-state index is 13.1. The third-order valence-corrected chi connectivity index (χ3v) is 8.04. The van der Waals surface area contributed by atoms with Gasteiger partial charge in [0.15, 0.2) is 4.34 Å². The largest absolute Gasteiger partial charge is 0.339 e. The summed E-state index contributed by atoms with van der Waals surface area (Å²) in [5, 5.41) is 5.62. The highest BCUT2D eigenvalue weighted by Gasteiger charge is 2.24. The van der Waals surface area contributed by atoms with Crippen LogP contribution in [0, 0.1) is 5.82 Å². The van der Waals surface area contributed by atoms with Gasteiger partial charge in [0.05, 0.1) is 27.1 Å². The second kappa shape index (κ2) is 11.1. The molecule has 1 fully saturated rings. The van der Waals surface area contributed by atoms with Crippen LogP contribution in [0.4, 0.5) is 15.8 Å². The molecule has 0 unspecified atom stereocenters. The average molecular weight is 535 g/mol. The van der Waals surface area contributed by atoms with E-state index in [1.54, 1.807) is 35.2 Å². The molecule has 7 nitrogen and oxygen atoms in total. The highest BCUT2D eigenvalue weighted by atomic mass is 32.2. The van der Waals surface area contributed by atoms with Crippen LogP contribution in [0.15, 0.2) is 71.1 Å². The number of hydrogen-bond donors (Lipinski definition) is 2. The van der Waals surface area contributed by atoms with Crippen LogP contribution >= 0.6 is 23.1 Å². The van der Waals surface area contributed by atoms with Gasteiger partial charge in [-0.05, 0) is 67.4 Å². The predicted molar refractivity (Wildman–Crippen MR) is 145 cm³/mol. The van der Waals surface area contributed by atoms with E-state index in [2.05, 4.69) is 15.6 Å². The Morgan fingerprint density at radius 2 is 1.62 bits per heavy atom. The zero-order valence-electron chi connectivity index (χ0n) is 19.7. The maximum absolute atomic E-state index is 13.1. The number of rotatable bonds is 7. The number of carbonyl (C=O) groups excluding carboxylic acids is 3. The van der Waals surface area contributed by atoms with Crippen LogP contribution in [0.25, 0.3) is 10.2 Å². The summed E-state index contributed by atoms with van der Waals surface area (Å²) in [6.07, 6.45) is 1.96. The number of anilines is 2. The standard InChI is InChI=1S/C27H23FN4O3S2/c28-17-7-9-18(10-8-17)29-24(33)16-36-27-31-22-12-11-19(15-23(22)37-27)30-25(34)20-5-1-2-6-21(20)26(35)32-13-3-4-14-32/h1-2,5-12,15H,3-4,13-14,16H2,(H,29,33)(H,30,34). The summed E-state index contributed by atoms with van der Waals surface area (Å²) >= 11 is 2.72. The third kappa shape index (κ3) is 5.98. The van der Waals surface area contributed by atoms with E-state index in [0.29, 0.717) is 39.9 Å². The van der Waals surface area contributed by atoms with E-state index >= 15 is 0 Å². The number of nitrogens with one attached hydrogen (secondary N) is 2. The van der Waals surface area contributed by atoms with Crippen LogP contribution in [-0.2, 0) is 4.79 Å². The van der Waals surface area contributed by atoms with Crippen LogP contribution in [-0.4, -0.2) is 46.4 Å². The van der Waals surface area contributed by atoms with Crippen molar-refractivity contribution >= 4 is 62.4 Å². The Kier molecular flexibility index (Phi) is 7.47. The van der Waals surface area contributed by atoms with Gasteiger partial charge in [0.2, 0.25) is 5.91 Å². The number of likely N-dealkylation sites (tertiary alicyclic amines) is 1. The Morgan fingerprint density at radius 1 is 0.919 bits per heavy atom. The van der Waals surface area contributed by atoms with Crippen LogP contribution in [0.1, 0.15) is 33.6 Å². The number of amides is 3. The number of hydrogen-bond acceptors (Lipinski definition) is 6. The Bertz CT molecular complexity index is 1470. The van der Waals surface area contributed by atoms with Crippen molar-refractivity contribution in [1.82, 2.24) is 9.88 Å². The minimum Gasteiger partial charge on any atom is -0.339 e. The van der Waals surface area contributed by atoms with Gasteiger partial charge in [-0.15, -0.1) is 11.3 Å². The van der Waals surface area contributed by atoms with Gasteiger partial charge in [0.1, 0.15) is 5.82 Å². The van der Waals surface area contributed by atoms with Gasteiger partial charge < -0.3 is 15.5 Å². The van der Waals surface area contributed by atoms with Crippen molar-refractivity contribution in [3.63, 3.8) is 0 Å². The first kappa shape index (κ1) is 24.9. The molecule has 2 N–H and O–H groups in total. The molecule has 1 aliphatic heterocycles. The quantitative estimate of drug-likeness (QED) is 0.299. The van der Waals surface area contributed by atoms with E-state index in [1.807, 2.05) is 12.1 Å². The number of fused-ring (bicyclic) bond motifs is 1. The van der Waals surface area contributed by atoms with Crippen LogP contribution in [0.2, 0.25) is 0 Å². The van der Waals surface area contributed by atoms with Gasteiger partial charge in [0.25, 0.3) is 11.8 Å². The summed E-state index contributed by atoms with van der Waals surface area (Å²) in [6, 6.07) is 17.9. The highest BCUT2D eigenvalue weighted by molar-refractivity contribution is 8.01. The molecule has 10 heteroatoms. The van der Waals surface area contributed by atoms with E-state index in [9.17, 15) is 18.8 Å². The molecule has 5 rings (SSSR count). The second-order valence-corrected chi connectivity index (χ2v) is 10.8. The molecule has 0 atom stereocenters. The summed E-state index contributed by atoms with van der Waals surface area (Å²) in [6.45, 7) is 1.43. The first-order valence-corrected chi connectivity index (χ1v) is 13.5. The fraction of sp³-hybridized carbons (Fsp3) is 0.185. The number of aromatic nitrogens is 1. The van der Waals surface area contributed by atoms with Crippen LogP contribution in [0.3, 0.4) is 0 Å². The topological polar surface area (TPSA) is 91.4 Å². The molecule has 1 aliphatic rings. The number of nitrogens with zero attached hydrogens (tertiary/aromatic N) is 2. The number of benzene rings is 3. The van der Waals surface area contributed by atoms with Gasteiger partial charge in [0, 0.05) is 24.5 Å². The molecule has 0 aliphatic carbocycles. The molecule has 3 amide bonds. The molecule has 3 aromatic carbocycles. The molecule has 2 heterocycles. The lowest BCUT2D eigenvalue weighted by Crippen LogP contribution is -2.29. The normalized spacial score (nSPS) is 13.1. The fourth-order valence-electron chi connectivity index (χ4n) is 4.06. The summed E-state index contributed by atoms with van der Waals surface area (Å²) in [5.74, 6) is -0.892. The minimum atomic E-state index is -0.364. The lowest BCUT2D eigenvalue weighted by atomic mass is 10.1. The molecule has 0 bridgehead atoms. The van der Waals surface area contributed by atoms with Crippen molar-refractivity contribution in [1.29, 1.82) is 0 Å². The molecule has 0 saturated carbocycles. The summed E-state index contributed by atoms with van der Waals surface area (Å²) in [4.78, 5) is 44.6. The monoisotopic (exact) mass is 534 g/mol. The minimum absolute atomic E-state index is 0.119. The molecule has 0 spiro atoms. The van der Waals surface area contributed by atoms with E-state index in [1.165, 1.54) is 47.4 Å². The number of halogens is 1. The molecular formula is C27H23FN4O3S2. The van der Waals surface area contributed by atoms with Crippen molar-refractivity contribution in [3.05, 3.63) is 83.7 Å². The van der Waals surface area contributed by atoms with Gasteiger partial charge in [-0.25, -0.2) is 9.37 Å². The Hall–Kier alpha value is -3.76. The Labute approximate surface area is 221 Å². The van der Waals surface area contributed by atoms with E-state index in [-0.39, 0.29) is 29.3 Å². The zero-order valence-corrected chi connectivity index (χ0v) is 21.3. The van der Waals surface area contributed by atoms with E-state index < -0.39 is 0 Å². The zero-order chi connectivity index (χ0) is 25.8. The highest BCUT2D eigenvalue weighted by Crippen LogP contribution is 2.31. The third-order valence-electron chi connectivity index (χ3n) is 5.88. The van der Waals surface area contributed by atoms with Gasteiger partial charge >= 0.3 is 0 Å². The summed E-state index contributed by atoms with van der Waals surface area (Å²) < 4.78 is 14.6. The van der Waals surface area contributed by atoms with Crippen LogP contribution in [0.5, 0.6) is 0 Å². The summed E-state index contributed by atoms with van der Waals surface area (Å²) in [7, 11) is 0. The van der Waals surface area contributed by atoms with E-state index in [0.717, 1.165) is 23.1 Å². The van der Waals surface area contributed by atoms with Gasteiger partial charge in [-0.1, -0.05) is 23.9 Å². The molecule has 4 aromatic rings. The number of thioether (sulfide) groups is 1. The first-order valence-electron chi connectivity index (χ1n) is 11.7. The maximum Gasteiger partial charge on any atom is 0.256 e. The SMILES string of the molecule is O=C(CSc1nc2ccc(NC(=O)c3ccccc3C(=O)N3CCCC3)cc2s1)Nc1ccc(F)cc1. The van der Waals surface area contributed by atoms with Crippen molar-refractivity contribution in [2.45, 2.75) is 17.2 Å². The molecular weight excluding hydrogens is 511 g/mol. The average Bonchev–Trinajstić information content (AvgIpc) is 3.58. The molecule has 1 aromatic heterocycles. The predicted octanol–water partition coefficient (Wildman–Crippen LogP) is 5.65. The Balaban J connectivity index is 1.24. The van der Waals surface area contributed by atoms with Crippen molar-refractivity contribution in [2.75, 3.05) is 29.5 Å². The van der Waals surface area contributed by atoms with Crippen molar-refractivity contribution in [3.8, 4) is 0 Å². The number of thiazole rings is 1. The summed E-state index contributed by atoms with van der Waals surface area (Å²) in [5.41, 5.74) is 2.62. The van der Waals surface area contributed by atoms with Gasteiger partial charge in [-0.3, -0.25) is 14.4 Å². The molecule has 0 radical (unpaired) electrons. The number of carbonyl (C=O) groups is 3. The lowest BCUT2D eigenvalue weighted by molar-refractivity contribution is -0.113. The molecule has 37 heavy (non-hydrogen) atoms. The first-order chi connectivity index (χ1) is 18.0. The second-order valence-electron chi connectivity index (χ2n) is 8.51. The fourth-order valence-corrected chi connectivity index (χ4v) is 5.96. The smallest absolute Gasteiger partial charge is 0.256 e. The Morgan fingerprint density at radius 3 is 2.38 bits per heavy atom. The lowest BCUT2D eigenvalue weighted by Gasteiger charge is -2.17. The van der Waals surface area contributed by atoms with Crippen LogP contribution < -0.4 is 10.6 Å². The molecule has 1 saturated heterocycles. The van der Waals surface area contributed by atoms with Crippen molar-refractivity contribution in [2.24, 2.45) is 0 Å². The van der Waals surface area contributed by atoms with Gasteiger partial charge in [-0.2, -0.15) is 0 Å².